The van der Waals surface area contributed by atoms with Crippen molar-refractivity contribution in [1.29, 1.82) is 0 Å². The molecule has 2 fully saturated rings. The number of hydrogen-bond acceptors (Lipinski definition) is 4. The molecule has 0 saturated carbocycles. The molecule has 2 N–H and O–H groups in total. The highest BCUT2D eigenvalue weighted by molar-refractivity contribution is 5.89. The second-order valence-electron chi connectivity index (χ2n) is 7.18. The van der Waals surface area contributed by atoms with Gasteiger partial charge in [0.2, 0.25) is 0 Å². The number of carbonyl (C=O) groups is 1. The minimum Gasteiger partial charge on any atom is -0.478 e. The first-order valence-electron chi connectivity index (χ1n) is 8.40. The maximum absolute atomic E-state index is 11.4. The second-order valence-corrected chi connectivity index (χ2v) is 7.18. The van der Waals surface area contributed by atoms with Gasteiger partial charge in [-0.05, 0) is 44.5 Å². The zero-order valence-corrected chi connectivity index (χ0v) is 13.7. The van der Waals surface area contributed by atoms with Gasteiger partial charge in [-0.25, -0.2) is 4.79 Å². The van der Waals surface area contributed by atoms with E-state index in [1.807, 2.05) is 12.1 Å². The van der Waals surface area contributed by atoms with Crippen LogP contribution in [0.3, 0.4) is 0 Å². The van der Waals surface area contributed by atoms with Crippen LogP contribution in [0.25, 0.3) is 0 Å². The Morgan fingerprint density at radius 2 is 2.09 bits per heavy atom. The topological polar surface area (TPSA) is 64.0 Å². The van der Waals surface area contributed by atoms with Crippen molar-refractivity contribution in [3.63, 3.8) is 0 Å². The molecule has 0 unspecified atom stereocenters. The zero-order valence-electron chi connectivity index (χ0n) is 13.7. The Kier molecular flexibility index (Phi) is 4.71. The Morgan fingerprint density at radius 3 is 2.87 bits per heavy atom. The quantitative estimate of drug-likeness (QED) is 0.887. The van der Waals surface area contributed by atoms with Gasteiger partial charge in [0.25, 0.3) is 0 Å². The molecule has 2 atom stereocenters. The molecule has 2 aliphatic heterocycles. The summed E-state index contributed by atoms with van der Waals surface area (Å²) < 4.78 is 0. The molecule has 2 aliphatic rings. The normalized spacial score (nSPS) is 29.7. The van der Waals surface area contributed by atoms with E-state index in [4.69, 9.17) is 0 Å². The molecular formula is C18H26N2O3. The Bertz CT molecular complexity index is 577. The Hall–Kier alpha value is -1.43. The molecule has 0 amide bonds. The SMILES string of the molecule is CN1CC[C@H](O)[C@@]2(CCCN(Cc3ccccc3C(=O)O)C2)C1. The van der Waals surface area contributed by atoms with E-state index in [0.717, 1.165) is 51.0 Å². The van der Waals surface area contributed by atoms with Gasteiger partial charge in [0, 0.05) is 31.6 Å². The largest absolute Gasteiger partial charge is 0.478 e. The van der Waals surface area contributed by atoms with Gasteiger partial charge in [0.15, 0.2) is 0 Å². The van der Waals surface area contributed by atoms with Crippen LogP contribution in [0.4, 0.5) is 0 Å². The smallest absolute Gasteiger partial charge is 0.336 e. The lowest BCUT2D eigenvalue weighted by atomic mass is 9.71. The maximum Gasteiger partial charge on any atom is 0.336 e. The predicted octanol–water partition coefficient (Wildman–Crippen LogP) is 1.66. The molecule has 0 aromatic heterocycles. The van der Waals surface area contributed by atoms with Crippen LogP contribution in [0.2, 0.25) is 0 Å². The van der Waals surface area contributed by atoms with E-state index in [0.29, 0.717) is 12.1 Å². The number of aromatic carboxylic acids is 1. The fourth-order valence-corrected chi connectivity index (χ4v) is 4.27. The van der Waals surface area contributed by atoms with Crippen molar-refractivity contribution in [2.24, 2.45) is 5.41 Å². The van der Waals surface area contributed by atoms with Gasteiger partial charge >= 0.3 is 5.97 Å². The van der Waals surface area contributed by atoms with Gasteiger partial charge < -0.3 is 15.1 Å². The summed E-state index contributed by atoms with van der Waals surface area (Å²) >= 11 is 0. The Labute approximate surface area is 137 Å². The number of carboxylic acids is 1. The number of likely N-dealkylation sites (tertiary alicyclic amines) is 2. The Morgan fingerprint density at radius 1 is 1.30 bits per heavy atom. The van der Waals surface area contributed by atoms with Crippen molar-refractivity contribution in [3.8, 4) is 0 Å². The molecule has 1 spiro atoms. The van der Waals surface area contributed by atoms with Crippen molar-refractivity contribution in [3.05, 3.63) is 35.4 Å². The third-order valence-electron chi connectivity index (χ3n) is 5.41. The summed E-state index contributed by atoms with van der Waals surface area (Å²) in [4.78, 5) is 16.0. The fraction of sp³-hybridized carbons (Fsp3) is 0.611. The molecule has 0 radical (unpaired) electrons. The minimum atomic E-state index is -0.871. The second kappa shape index (κ2) is 6.59. The fourth-order valence-electron chi connectivity index (χ4n) is 4.27. The van der Waals surface area contributed by atoms with E-state index in [-0.39, 0.29) is 11.5 Å². The molecule has 5 nitrogen and oxygen atoms in total. The molecule has 126 valence electrons. The summed E-state index contributed by atoms with van der Waals surface area (Å²) in [5, 5.41) is 19.9. The van der Waals surface area contributed by atoms with Crippen molar-refractivity contribution in [2.45, 2.75) is 31.9 Å². The van der Waals surface area contributed by atoms with E-state index in [2.05, 4.69) is 16.8 Å². The first-order valence-corrected chi connectivity index (χ1v) is 8.40. The zero-order chi connectivity index (χ0) is 16.4. The number of aliphatic hydroxyl groups is 1. The van der Waals surface area contributed by atoms with E-state index in [1.54, 1.807) is 12.1 Å². The van der Waals surface area contributed by atoms with E-state index >= 15 is 0 Å². The molecular weight excluding hydrogens is 292 g/mol. The van der Waals surface area contributed by atoms with Crippen LogP contribution in [-0.2, 0) is 6.54 Å². The van der Waals surface area contributed by atoms with Crippen molar-refractivity contribution < 1.29 is 15.0 Å². The summed E-state index contributed by atoms with van der Waals surface area (Å²) in [5.74, 6) is -0.871. The Balaban J connectivity index is 1.76. The van der Waals surface area contributed by atoms with Crippen molar-refractivity contribution >= 4 is 5.97 Å². The summed E-state index contributed by atoms with van der Waals surface area (Å²) in [6.07, 6.45) is 2.68. The van der Waals surface area contributed by atoms with Crippen LogP contribution in [0.15, 0.2) is 24.3 Å². The number of nitrogens with zero attached hydrogens (tertiary/aromatic N) is 2. The van der Waals surface area contributed by atoms with Crippen LogP contribution in [0.5, 0.6) is 0 Å². The van der Waals surface area contributed by atoms with E-state index < -0.39 is 5.97 Å². The predicted molar refractivity (Wildman–Crippen MR) is 88.5 cm³/mol. The third kappa shape index (κ3) is 3.42. The van der Waals surface area contributed by atoms with Crippen LogP contribution in [-0.4, -0.2) is 65.3 Å². The lowest BCUT2D eigenvalue weighted by Crippen LogP contribution is -2.58. The maximum atomic E-state index is 11.4. The van der Waals surface area contributed by atoms with Crippen LogP contribution in [0.1, 0.15) is 35.2 Å². The highest BCUT2D eigenvalue weighted by Crippen LogP contribution is 2.38. The van der Waals surface area contributed by atoms with Crippen LogP contribution >= 0.6 is 0 Å². The number of piperidine rings is 2. The average Bonchev–Trinajstić information content (AvgIpc) is 2.52. The molecule has 2 heterocycles. The molecule has 23 heavy (non-hydrogen) atoms. The summed E-state index contributed by atoms with van der Waals surface area (Å²) in [5.41, 5.74) is 1.17. The molecule has 0 aliphatic carbocycles. The van der Waals surface area contributed by atoms with Gasteiger partial charge in [0.05, 0.1) is 11.7 Å². The first kappa shape index (κ1) is 16.4. The number of hydrogen-bond donors (Lipinski definition) is 2. The summed E-state index contributed by atoms with van der Waals surface area (Å²) in [6, 6.07) is 7.23. The van der Waals surface area contributed by atoms with Crippen molar-refractivity contribution in [2.75, 3.05) is 33.2 Å². The molecule has 5 heteroatoms. The van der Waals surface area contributed by atoms with Gasteiger partial charge in [0.1, 0.15) is 0 Å². The van der Waals surface area contributed by atoms with E-state index in [1.165, 1.54) is 0 Å². The van der Waals surface area contributed by atoms with Gasteiger partial charge in [-0.1, -0.05) is 18.2 Å². The number of rotatable bonds is 3. The monoisotopic (exact) mass is 318 g/mol. The molecule has 1 aromatic rings. The molecule has 3 rings (SSSR count). The van der Waals surface area contributed by atoms with Gasteiger partial charge in [-0.3, -0.25) is 4.90 Å². The van der Waals surface area contributed by atoms with Crippen LogP contribution < -0.4 is 0 Å². The lowest BCUT2D eigenvalue weighted by Gasteiger charge is -2.50. The van der Waals surface area contributed by atoms with Crippen molar-refractivity contribution in [1.82, 2.24) is 9.80 Å². The van der Waals surface area contributed by atoms with Gasteiger partial charge in [-0.2, -0.15) is 0 Å². The third-order valence-corrected chi connectivity index (χ3v) is 5.41. The van der Waals surface area contributed by atoms with Gasteiger partial charge in [-0.15, -0.1) is 0 Å². The van der Waals surface area contributed by atoms with E-state index in [9.17, 15) is 15.0 Å². The highest BCUT2D eigenvalue weighted by atomic mass is 16.4. The highest BCUT2D eigenvalue weighted by Gasteiger charge is 2.44. The molecule has 2 saturated heterocycles. The number of benzene rings is 1. The lowest BCUT2D eigenvalue weighted by molar-refractivity contribution is -0.0808. The molecule has 0 bridgehead atoms. The number of aliphatic hydroxyl groups excluding tert-OH is 1. The first-order chi connectivity index (χ1) is 11.0. The molecule has 1 aromatic carbocycles. The summed E-state index contributed by atoms with van der Waals surface area (Å²) in [7, 11) is 2.12. The summed E-state index contributed by atoms with van der Waals surface area (Å²) in [6.45, 7) is 4.31. The number of carboxylic acid groups (broad SMARTS) is 1. The average molecular weight is 318 g/mol. The minimum absolute atomic E-state index is 0.0661. The van der Waals surface area contributed by atoms with Crippen LogP contribution in [0, 0.1) is 5.41 Å². The standard InChI is InChI=1S/C18H26N2O3/c1-19-10-7-16(21)18(12-19)8-4-9-20(13-18)11-14-5-2-3-6-15(14)17(22)23/h2-3,5-6,16,21H,4,7-13H2,1H3,(H,22,23)/t16-,18-/m0/s1.